The lowest BCUT2D eigenvalue weighted by Gasteiger charge is -2.18. The van der Waals surface area contributed by atoms with Gasteiger partial charge in [0.2, 0.25) is 0 Å². The van der Waals surface area contributed by atoms with E-state index in [0.29, 0.717) is 19.0 Å². The second-order valence-corrected chi connectivity index (χ2v) is 6.09. The van der Waals surface area contributed by atoms with Gasteiger partial charge in [0.05, 0.1) is 12.7 Å². The predicted octanol–water partition coefficient (Wildman–Crippen LogP) is 5.01. The van der Waals surface area contributed by atoms with Crippen LogP contribution in [-0.2, 0) is 11.3 Å². The minimum atomic E-state index is -0.255. The van der Waals surface area contributed by atoms with E-state index in [1.54, 1.807) is 12.1 Å². The second kappa shape index (κ2) is 9.79. The van der Waals surface area contributed by atoms with Crippen molar-refractivity contribution in [3.8, 4) is 5.75 Å². The van der Waals surface area contributed by atoms with E-state index in [1.165, 1.54) is 12.1 Å². The molecule has 22 heavy (non-hydrogen) atoms. The minimum Gasteiger partial charge on any atom is -0.491 e. The van der Waals surface area contributed by atoms with Gasteiger partial charge in [-0.05, 0) is 47.1 Å². The summed E-state index contributed by atoms with van der Waals surface area (Å²) in [6.07, 6.45) is 2.09. The van der Waals surface area contributed by atoms with E-state index >= 15 is 0 Å². The fourth-order valence-corrected chi connectivity index (χ4v) is 2.47. The van der Waals surface area contributed by atoms with Crippen LogP contribution in [0, 0.1) is 5.82 Å². The summed E-state index contributed by atoms with van der Waals surface area (Å²) in [5.41, 5.74) is 1.16. The third-order valence-electron chi connectivity index (χ3n) is 3.24. The van der Waals surface area contributed by atoms with Crippen molar-refractivity contribution in [1.82, 2.24) is 0 Å². The molecule has 0 aliphatic heterocycles. The monoisotopic (exact) mass is 414 g/mol. The van der Waals surface area contributed by atoms with Gasteiger partial charge in [0.1, 0.15) is 18.2 Å². The van der Waals surface area contributed by atoms with Gasteiger partial charge < -0.3 is 9.47 Å². The van der Waals surface area contributed by atoms with Crippen LogP contribution in [0.5, 0.6) is 5.75 Å². The van der Waals surface area contributed by atoms with Gasteiger partial charge in [0.25, 0.3) is 0 Å². The molecule has 0 unspecified atom stereocenters. The molecule has 4 heteroatoms. The van der Waals surface area contributed by atoms with Crippen LogP contribution in [0.3, 0.4) is 0 Å². The van der Waals surface area contributed by atoms with Crippen molar-refractivity contribution in [3.05, 3.63) is 66.0 Å². The average Bonchev–Trinajstić information content (AvgIpc) is 2.56. The predicted molar refractivity (Wildman–Crippen MR) is 95.0 cm³/mol. The molecule has 118 valence electrons. The van der Waals surface area contributed by atoms with Crippen molar-refractivity contribution in [2.24, 2.45) is 0 Å². The normalized spacial score (nSPS) is 12.1. The van der Waals surface area contributed by atoms with Crippen molar-refractivity contribution in [3.63, 3.8) is 0 Å². The molecule has 1 atom stereocenters. The molecule has 0 saturated carbocycles. The minimum absolute atomic E-state index is 0.0417. The number of halogens is 2. The van der Waals surface area contributed by atoms with E-state index in [4.69, 9.17) is 9.47 Å². The van der Waals surface area contributed by atoms with Gasteiger partial charge in [-0.1, -0.05) is 52.9 Å². The van der Waals surface area contributed by atoms with Crippen molar-refractivity contribution in [2.75, 3.05) is 11.0 Å². The van der Waals surface area contributed by atoms with Crippen LogP contribution in [0.4, 0.5) is 4.39 Å². The van der Waals surface area contributed by atoms with Crippen LogP contribution in [0.15, 0.2) is 54.6 Å². The lowest BCUT2D eigenvalue weighted by atomic mass is 10.2. The molecule has 0 aliphatic carbocycles. The Hall–Kier alpha value is -1.14. The first-order valence-corrected chi connectivity index (χ1v) is 8.90. The zero-order valence-electron chi connectivity index (χ0n) is 12.4. The zero-order valence-corrected chi connectivity index (χ0v) is 14.5. The maximum absolute atomic E-state index is 12.9. The van der Waals surface area contributed by atoms with Crippen molar-refractivity contribution in [1.29, 1.82) is 0 Å². The molecule has 2 rings (SSSR count). The van der Waals surface area contributed by atoms with Gasteiger partial charge in [-0.25, -0.2) is 4.39 Å². The molecule has 0 aliphatic rings. The number of benzene rings is 2. The maximum Gasteiger partial charge on any atom is 0.123 e. The lowest BCUT2D eigenvalue weighted by molar-refractivity contribution is 0.00447. The van der Waals surface area contributed by atoms with Gasteiger partial charge in [0.15, 0.2) is 0 Å². The summed E-state index contributed by atoms with van der Waals surface area (Å²) in [6.45, 7) is 1.06. The van der Waals surface area contributed by atoms with Gasteiger partial charge in [-0.15, -0.1) is 0 Å². The molecule has 0 N–H and O–H groups in total. The fraction of sp³-hybridized carbons (Fsp3) is 0.333. The number of hydrogen-bond donors (Lipinski definition) is 0. The third-order valence-corrected chi connectivity index (χ3v) is 4.00. The summed E-state index contributed by atoms with van der Waals surface area (Å²) in [6, 6.07) is 16.2. The molecule has 0 amide bonds. The molecule has 2 aromatic rings. The van der Waals surface area contributed by atoms with E-state index < -0.39 is 0 Å². The Balaban J connectivity index is 1.84. The highest BCUT2D eigenvalue weighted by Crippen LogP contribution is 2.14. The molecule has 0 spiro atoms. The SMILES string of the molecule is Fc1ccc(OC[C@@H](CCCI)OCc2ccccc2)cc1. The van der Waals surface area contributed by atoms with Gasteiger partial charge in [-0.3, -0.25) is 0 Å². The molecule has 2 aromatic carbocycles. The molecule has 0 saturated heterocycles. The molecule has 2 nitrogen and oxygen atoms in total. The summed E-state index contributed by atoms with van der Waals surface area (Å²) in [7, 11) is 0. The number of hydrogen-bond acceptors (Lipinski definition) is 2. The number of alkyl halides is 1. The van der Waals surface area contributed by atoms with Crippen LogP contribution in [0.25, 0.3) is 0 Å². The van der Waals surface area contributed by atoms with E-state index in [0.717, 1.165) is 22.8 Å². The van der Waals surface area contributed by atoms with Crippen LogP contribution in [0.2, 0.25) is 0 Å². The summed E-state index contributed by atoms with van der Waals surface area (Å²) >= 11 is 2.37. The van der Waals surface area contributed by atoms with Crippen molar-refractivity contribution in [2.45, 2.75) is 25.6 Å². The second-order valence-electron chi connectivity index (χ2n) is 5.01. The zero-order chi connectivity index (χ0) is 15.6. The summed E-state index contributed by atoms with van der Waals surface area (Å²) in [4.78, 5) is 0. The first kappa shape index (κ1) is 17.2. The summed E-state index contributed by atoms with van der Waals surface area (Å²) in [5.74, 6) is 0.415. The Morgan fingerprint density at radius 1 is 1.00 bits per heavy atom. The molecule has 0 heterocycles. The van der Waals surface area contributed by atoms with Crippen LogP contribution in [-0.4, -0.2) is 17.1 Å². The maximum atomic E-state index is 12.9. The Bertz CT molecular complexity index is 531. The van der Waals surface area contributed by atoms with Crippen LogP contribution in [0.1, 0.15) is 18.4 Å². The van der Waals surface area contributed by atoms with Gasteiger partial charge in [-0.2, -0.15) is 0 Å². The average molecular weight is 414 g/mol. The first-order chi connectivity index (χ1) is 10.8. The molecular weight excluding hydrogens is 394 g/mol. The Kier molecular flexibility index (Phi) is 7.66. The Morgan fingerprint density at radius 3 is 2.41 bits per heavy atom. The summed E-state index contributed by atoms with van der Waals surface area (Å²) in [5, 5.41) is 0. The number of rotatable bonds is 9. The smallest absolute Gasteiger partial charge is 0.123 e. The highest BCUT2D eigenvalue weighted by atomic mass is 127. The van der Waals surface area contributed by atoms with E-state index in [1.807, 2.05) is 18.2 Å². The lowest BCUT2D eigenvalue weighted by Crippen LogP contribution is -2.22. The van der Waals surface area contributed by atoms with Crippen LogP contribution < -0.4 is 4.74 Å². The Morgan fingerprint density at radius 2 is 1.73 bits per heavy atom. The van der Waals surface area contributed by atoms with Crippen molar-refractivity contribution < 1.29 is 13.9 Å². The standard InChI is InChI=1S/C18H20FIO2/c19-16-8-10-17(11-9-16)22-14-18(7-4-12-20)21-13-15-5-2-1-3-6-15/h1-3,5-6,8-11,18H,4,7,12-14H2/t18-/m1/s1. The molecule has 0 aromatic heterocycles. The van der Waals surface area contributed by atoms with E-state index in [9.17, 15) is 4.39 Å². The quantitative estimate of drug-likeness (QED) is 0.425. The molecule has 0 fully saturated rings. The third kappa shape index (κ3) is 6.32. The van der Waals surface area contributed by atoms with Gasteiger partial charge >= 0.3 is 0 Å². The number of ether oxygens (including phenoxy) is 2. The van der Waals surface area contributed by atoms with Crippen LogP contribution >= 0.6 is 22.6 Å². The van der Waals surface area contributed by atoms with Crippen molar-refractivity contribution >= 4 is 22.6 Å². The Labute approximate surface area is 144 Å². The first-order valence-electron chi connectivity index (χ1n) is 7.38. The highest BCUT2D eigenvalue weighted by molar-refractivity contribution is 14.1. The fourth-order valence-electron chi connectivity index (χ4n) is 2.03. The largest absolute Gasteiger partial charge is 0.491 e. The van der Waals surface area contributed by atoms with Gasteiger partial charge in [0, 0.05) is 0 Å². The molecule has 0 bridgehead atoms. The topological polar surface area (TPSA) is 18.5 Å². The molecule has 0 radical (unpaired) electrons. The summed E-state index contributed by atoms with van der Waals surface area (Å²) < 4.78 is 25.7. The van der Waals surface area contributed by atoms with E-state index in [-0.39, 0.29) is 11.9 Å². The highest BCUT2D eigenvalue weighted by Gasteiger charge is 2.10. The molecular formula is C18H20FIO2. The van der Waals surface area contributed by atoms with E-state index in [2.05, 4.69) is 34.7 Å².